The van der Waals surface area contributed by atoms with Crippen molar-refractivity contribution in [1.82, 2.24) is 0 Å². The first kappa shape index (κ1) is 10.7. The van der Waals surface area contributed by atoms with Gasteiger partial charge < -0.3 is 0 Å². The van der Waals surface area contributed by atoms with Crippen LogP contribution in [0.3, 0.4) is 0 Å². The zero-order valence-corrected chi connectivity index (χ0v) is 9.85. The van der Waals surface area contributed by atoms with Gasteiger partial charge in [0, 0.05) is 11.3 Å². The van der Waals surface area contributed by atoms with Crippen LogP contribution in [0.1, 0.15) is 31.2 Å². The summed E-state index contributed by atoms with van der Waals surface area (Å²) in [7, 11) is 0. The molecule has 0 N–H and O–H groups in total. The number of rotatable bonds is 2. The molecule has 1 atom stereocenters. The largest absolute Gasteiger partial charge is 0.298 e. The molecule has 1 saturated carbocycles. The second-order valence-corrected chi connectivity index (χ2v) is 5.33. The van der Waals surface area contributed by atoms with Crippen LogP contribution >= 0.6 is 11.8 Å². The number of ketones is 1. The molecule has 1 aliphatic rings. The lowest BCUT2D eigenvalue weighted by Crippen LogP contribution is -2.21. The standard InChI is InChI=1S/C13H16OS/c1-10-6-2-4-8-12(10)15-13-9-5-3-7-11(13)14/h2,4,6,8,13H,3,5,7,9H2,1H3. The Morgan fingerprint density at radius 2 is 2.07 bits per heavy atom. The number of thioether (sulfide) groups is 1. The van der Waals surface area contributed by atoms with Gasteiger partial charge in [0.2, 0.25) is 0 Å². The molecule has 1 aromatic carbocycles. The molecule has 0 bridgehead atoms. The molecule has 0 saturated heterocycles. The van der Waals surface area contributed by atoms with E-state index in [4.69, 9.17) is 0 Å². The van der Waals surface area contributed by atoms with Crippen molar-refractivity contribution in [3.8, 4) is 0 Å². The van der Waals surface area contributed by atoms with Crippen LogP contribution in [-0.2, 0) is 4.79 Å². The van der Waals surface area contributed by atoms with E-state index in [1.807, 2.05) is 12.1 Å². The van der Waals surface area contributed by atoms with E-state index in [1.54, 1.807) is 11.8 Å². The molecule has 2 rings (SSSR count). The molecule has 15 heavy (non-hydrogen) atoms. The Hall–Kier alpha value is -0.760. The normalized spacial score (nSPS) is 21.7. The van der Waals surface area contributed by atoms with Crippen molar-refractivity contribution >= 4 is 17.5 Å². The molecule has 1 unspecified atom stereocenters. The summed E-state index contributed by atoms with van der Waals surface area (Å²) < 4.78 is 0. The van der Waals surface area contributed by atoms with Crippen LogP contribution in [0.5, 0.6) is 0 Å². The number of benzene rings is 1. The summed E-state index contributed by atoms with van der Waals surface area (Å²) in [6.45, 7) is 2.11. The maximum atomic E-state index is 11.7. The van der Waals surface area contributed by atoms with E-state index in [1.165, 1.54) is 16.9 Å². The third kappa shape index (κ3) is 2.63. The molecule has 1 aromatic rings. The number of carbonyl (C=O) groups is 1. The zero-order valence-electron chi connectivity index (χ0n) is 9.03. The van der Waals surface area contributed by atoms with E-state index >= 15 is 0 Å². The average molecular weight is 220 g/mol. The highest BCUT2D eigenvalue weighted by atomic mass is 32.2. The van der Waals surface area contributed by atoms with Gasteiger partial charge in [0.1, 0.15) is 5.78 Å². The van der Waals surface area contributed by atoms with Gasteiger partial charge >= 0.3 is 0 Å². The summed E-state index contributed by atoms with van der Waals surface area (Å²) in [5.41, 5.74) is 1.28. The highest BCUT2D eigenvalue weighted by Gasteiger charge is 2.23. The lowest BCUT2D eigenvalue weighted by molar-refractivity contribution is -0.119. The van der Waals surface area contributed by atoms with Crippen LogP contribution in [0.25, 0.3) is 0 Å². The minimum Gasteiger partial charge on any atom is -0.298 e. The first-order valence-corrected chi connectivity index (χ1v) is 6.40. The molecular weight excluding hydrogens is 204 g/mol. The molecule has 0 heterocycles. The first-order valence-electron chi connectivity index (χ1n) is 5.52. The summed E-state index contributed by atoms with van der Waals surface area (Å²) in [5, 5.41) is 0.208. The Morgan fingerprint density at radius 1 is 1.27 bits per heavy atom. The molecule has 80 valence electrons. The number of hydrogen-bond donors (Lipinski definition) is 0. The van der Waals surface area contributed by atoms with Crippen LogP contribution in [0.4, 0.5) is 0 Å². The lowest BCUT2D eigenvalue weighted by atomic mass is 9.99. The highest BCUT2D eigenvalue weighted by Crippen LogP contribution is 2.33. The Morgan fingerprint density at radius 3 is 2.80 bits per heavy atom. The molecule has 0 aliphatic heterocycles. The Balaban J connectivity index is 2.08. The fourth-order valence-electron chi connectivity index (χ4n) is 1.92. The number of carbonyl (C=O) groups excluding carboxylic acids is 1. The maximum Gasteiger partial charge on any atom is 0.146 e. The Labute approximate surface area is 95.3 Å². The van der Waals surface area contributed by atoms with E-state index in [-0.39, 0.29) is 5.25 Å². The predicted molar refractivity (Wildman–Crippen MR) is 64.3 cm³/mol. The Kier molecular flexibility index (Phi) is 3.47. The third-order valence-electron chi connectivity index (χ3n) is 2.86. The summed E-state index contributed by atoms with van der Waals surface area (Å²) >= 11 is 1.75. The van der Waals surface area contributed by atoms with Crippen LogP contribution < -0.4 is 0 Å². The maximum absolute atomic E-state index is 11.7. The van der Waals surface area contributed by atoms with Crippen LogP contribution in [0.15, 0.2) is 29.2 Å². The zero-order chi connectivity index (χ0) is 10.7. The van der Waals surface area contributed by atoms with Crippen molar-refractivity contribution in [2.45, 2.75) is 42.8 Å². The Bertz CT molecular complexity index is 359. The number of Topliss-reactive ketones (excluding diaryl/α,β-unsaturated/α-hetero) is 1. The fourth-order valence-corrected chi connectivity index (χ4v) is 3.17. The quantitative estimate of drug-likeness (QED) is 0.757. The fraction of sp³-hybridized carbons (Fsp3) is 0.462. The van der Waals surface area contributed by atoms with Gasteiger partial charge in [-0.2, -0.15) is 0 Å². The number of aryl methyl sites for hydroxylation is 1. The molecule has 2 heteroatoms. The van der Waals surface area contributed by atoms with Crippen molar-refractivity contribution in [2.75, 3.05) is 0 Å². The van der Waals surface area contributed by atoms with Crippen molar-refractivity contribution in [1.29, 1.82) is 0 Å². The van der Waals surface area contributed by atoms with E-state index in [9.17, 15) is 4.79 Å². The molecule has 1 fully saturated rings. The van der Waals surface area contributed by atoms with Crippen molar-refractivity contribution in [3.63, 3.8) is 0 Å². The van der Waals surface area contributed by atoms with Crippen molar-refractivity contribution in [2.24, 2.45) is 0 Å². The van der Waals surface area contributed by atoms with Gasteiger partial charge in [0.25, 0.3) is 0 Å². The van der Waals surface area contributed by atoms with Gasteiger partial charge in [-0.25, -0.2) is 0 Å². The van der Waals surface area contributed by atoms with Crippen molar-refractivity contribution in [3.05, 3.63) is 29.8 Å². The van der Waals surface area contributed by atoms with Gasteiger partial charge in [-0.1, -0.05) is 24.6 Å². The number of hydrogen-bond acceptors (Lipinski definition) is 2. The van der Waals surface area contributed by atoms with Gasteiger partial charge in [0.05, 0.1) is 5.25 Å². The van der Waals surface area contributed by atoms with Crippen LogP contribution in [-0.4, -0.2) is 11.0 Å². The van der Waals surface area contributed by atoms with E-state index in [0.717, 1.165) is 19.3 Å². The summed E-state index contributed by atoms with van der Waals surface area (Å²) in [6.07, 6.45) is 4.13. The average Bonchev–Trinajstić information content (AvgIpc) is 2.24. The molecular formula is C13H16OS. The summed E-state index contributed by atoms with van der Waals surface area (Å²) in [5.74, 6) is 0.439. The van der Waals surface area contributed by atoms with Gasteiger partial charge in [-0.05, 0) is 31.4 Å². The third-order valence-corrected chi connectivity index (χ3v) is 4.36. The summed E-state index contributed by atoms with van der Waals surface area (Å²) in [6, 6.07) is 8.31. The summed E-state index contributed by atoms with van der Waals surface area (Å²) in [4.78, 5) is 13.0. The van der Waals surface area contributed by atoms with Gasteiger partial charge in [-0.15, -0.1) is 11.8 Å². The SMILES string of the molecule is Cc1ccccc1SC1CCCCC1=O. The molecule has 1 aliphatic carbocycles. The van der Waals surface area contributed by atoms with Gasteiger partial charge in [-0.3, -0.25) is 4.79 Å². The first-order chi connectivity index (χ1) is 7.27. The smallest absolute Gasteiger partial charge is 0.146 e. The second kappa shape index (κ2) is 4.84. The molecule has 0 aromatic heterocycles. The van der Waals surface area contributed by atoms with Crippen LogP contribution in [0.2, 0.25) is 0 Å². The van der Waals surface area contributed by atoms with Crippen molar-refractivity contribution < 1.29 is 4.79 Å². The molecule has 1 nitrogen and oxygen atoms in total. The highest BCUT2D eigenvalue weighted by molar-refractivity contribution is 8.00. The minimum absolute atomic E-state index is 0.208. The lowest BCUT2D eigenvalue weighted by Gasteiger charge is -2.20. The van der Waals surface area contributed by atoms with Crippen LogP contribution in [0, 0.1) is 6.92 Å². The molecule has 0 amide bonds. The molecule has 0 radical (unpaired) electrons. The van der Waals surface area contributed by atoms with E-state index < -0.39 is 0 Å². The topological polar surface area (TPSA) is 17.1 Å². The predicted octanol–water partition coefficient (Wildman–Crippen LogP) is 3.60. The van der Waals surface area contributed by atoms with E-state index in [0.29, 0.717) is 5.78 Å². The minimum atomic E-state index is 0.208. The molecule has 0 spiro atoms. The van der Waals surface area contributed by atoms with E-state index in [2.05, 4.69) is 19.1 Å². The van der Waals surface area contributed by atoms with Gasteiger partial charge in [0.15, 0.2) is 0 Å². The second-order valence-electron chi connectivity index (χ2n) is 4.08. The monoisotopic (exact) mass is 220 g/mol.